The molecule has 5 heteroatoms. The largest absolute Gasteiger partial charge is 0.667 e. The Kier molecular flexibility index (Phi) is 6.20. The smallest absolute Gasteiger partial charge is 0.280 e. The van der Waals surface area contributed by atoms with Crippen LogP contribution in [-0.4, -0.2) is 14.7 Å². The Hall–Kier alpha value is -6.17. The molecular formula is C42H30N4O. The lowest BCUT2D eigenvalue weighted by Crippen LogP contribution is -2.04. The van der Waals surface area contributed by atoms with Crippen molar-refractivity contribution in [2.45, 2.75) is 6.04 Å². The maximum Gasteiger partial charge on any atom is 0.280 e. The van der Waals surface area contributed by atoms with Gasteiger partial charge in [0, 0.05) is 39.0 Å². The lowest BCUT2D eigenvalue weighted by atomic mass is 9.95. The van der Waals surface area contributed by atoms with E-state index in [0.717, 1.165) is 60.9 Å². The van der Waals surface area contributed by atoms with Gasteiger partial charge in [-0.1, -0.05) is 109 Å². The molecule has 0 aliphatic heterocycles. The molecule has 9 aromatic rings. The first-order valence-electron chi connectivity index (χ1n) is 15.8. The SMILES string of the molecule is [NH-]C(c1ccccc1Nc1cccc2cc3cccc([OH2+])c3nc12)c1cccc2c3cc4ccccc4cc3n(-c3ccccc3)c12. The van der Waals surface area contributed by atoms with Crippen LogP contribution in [0.25, 0.3) is 65.8 Å². The molecule has 0 saturated carbocycles. The molecule has 224 valence electrons. The lowest BCUT2D eigenvalue weighted by Gasteiger charge is -2.26. The van der Waals surface area contributed by atoms with Crippen molar-refractivity contribution in [3.63, 3.8) is 0 Å². The Morgan fingerprint density at radius 2 is 1.19 bits per heavy atom. The van der Waals surface area contributed by atoms with E-state index in [9.17, 15) is 5.73 Å². The van der Waals surface area contributed by atoms with E-state index in [2.05, 4.69) is 101 Å². The lowest BCUT2D eigenvalue weighted by molar-refractivity contribution is 0.480. The van der Waals surface area contributed by atoms with Gasteiger partial charge >= 0.3 is 0 Å². The molecule has 0 aliphatic carbocycles. The third kappa shape index (κ3) is 4.40. The summed E-state index contributed by atoms with van der Waals surface area (Å²) in [6, 6.07) is 51.1. The van der Waals surface area contributed by atoms with Crippen molar-refractivity contribution in [2.75, 3.05) is 5.32 Å². The topological polar surface area (TPSA) is 76.6 Å². The fourth-order valence-corrected chi connectivity index (χ4v) is 7.02. The van der Waals surface area contributed by atoms with E-state index in [1.807, 2.05) is 54.6 Å². The number of benzene rings is 7. The highest BCUT2D eigenvalue weighted by molar-refractivity contribution is 6.14. The third-order valence-corrected chi connectivity index (χ3v) is 9.22. The van der Waals surface area contributed by atoms with Gasteiger partial charge in [-0.05, 0) is 64.4 Å². The van der Waals surface area contributed by atoms with Crippen LogP contribution in [0.4, 0.5) is 11.4 Å². The minimum Gasteiger partial charge on any atom is -0.667 e. The number of rotatable bonds is 5. The molecule has 7 aromatic carbocycles. The van der Waals surface area contributed by atoms with Gasteiger partial charge in [0.2, 0.25) is 0 Å². The van der Waals surface area contributed by atoms with E-state index < -0.39 is 6.04 Å². The molecule has 4 N–H and O–H groups in total. The predicted molar refractivity (Wildman–Crippen MR) is 196 cm³/mol. The van der Waals surface area contributed by atoms with E-state index in [4.69, 9.17) is 10.1 Å². The predicted octanol–water partition coefficient (Wildman–Crippen LogP) is 11.0. The number of nitrogens with zero attached hydrogens (tertiary/aromatic N) is 2. The second-order valence-corrected chi connectivity index (χ2v) is 12.0. The van der Waals surface area contributed by atoms with Crippen LogP contribution in [0.3, 0.4) is 0 Å². The number of pyridine rings is 1. The molecule has 47 heavy (non-hydrogen) atoms. The number of para-hydroxylation sites is 5. The first-order valence-corrected chi connectivity index (χ1v) is 15.8. The number of anilines is 2. The molecule has 0 radical (unpaired) electrons. The molecule has 2 aromatic heterocycles. The molecule has 5 nitrogen and oxygen atoms in total. The van der Waals surface area contributed by atoms with Gasteiger partial charge in [0.1, 0.15) is 0 Å². The normalized spacial score (nSPS) is 12.4. The standard InChI is InChI=1S/C42H29N4O/c43-39(32-17-6-7-20-35(32)44-36-21-8-13-28-23-29-14-9-22-38(47)41(29)45-40(28)36)33-19-10-18-31-34-24-26-11-4-5-12-27(26)25-37(34)46(42(31)33)30-15-2-1-3-16-30/h1-25,39,43-44,47H/q-1/p+1. The van der Waals surface area contributed by atoms with Gasteiger partial charge in [-0.15, -0.1) is 0 Å². The van der Waals surface area contributed by atoms with Gasteiger partial charge in [0.25, 0.3) is 5.75 Å². The molecular weight excluding hydrogens is 576 g/mol. The Bertz CT molecular complexity index is 2640. The monoisotopic (exact) mass is 606 g/mol. The quantitative estimate of drug-likeness (QED) is 0.156. The Morgan fingerprint density at radius 3 is 2.04 bits per heavy atom. The Balaban J connectivity index is 1.23. The zero-order valence-corrected chi connectivity index (χ0v) is 25.4. The Morgan fingerprint density at radius 1 is 0.553 bits per heavy atom. The van der Waals surface area contributed by atoms with Gasteiger partial charge in [0.05, 0.1) is 22.2 Å². The van der Waals surface area contributed by atoms with Crippen LogP contribution in [0, 0.1) is 0 Å². The summed E-state index contributed by atoms with van der Waals surface area (Å²) in [6.07, 6.45) is 0. The first-order chi connectivity index (χ1) is 23.1. The van der Waals surface area contributed by atoms with E-state index in [-0.39, 0.29) is 0 Å². The average molecular weight is 607 g/mol. The average Bonchev–Trinajstić information content (AvgIpc) is 3.44. The number of fused-ring (bicyclic) bond motifs is 6. The summed E-state index contributed by atoms with van der Waals surface area (Å²) in [5.74, 6) is 0.403. The molecule has 0 spiro atoms. The van der Waals surface area contributed by atoms with Crippen LogP contribution in [0.2, 0.25) is 0 Å². The summed E-state index contributed by atoms with van der Waals surface area (Å²) in [5.41, 5.74) is 18.0. The first kappa shape index (κ1) is 27.2. The van der Waals surface area contributed by atoms with E-state index in [1.165, 1.54) is 16.2 Å². The van der Waals surface area contributed by atoms with Crippen LogP contribution in [0.5, 0.6) is 5.75 Å². The van der Waals surface area contributed by atoms with Crippen LogP contribution in [-0.2, 0) is 0 Å². The highest BCUT2D eigenvalue weighted by Crippen LogP contribution is 2.42. The van der Waals surface area contributed by atoms with Gasteiger partial charge in [-0.2, -0.15) is 0 Å². The van der Waals surface area contributed by atoms with Crippen LogP contribution < -0.4 is 5.32 Å². The van der Waals surface area contributed by atoms with Crippen LogP contribution >= 0.6 is 0 Å². The molecule has 1 atom stereocenters. The number of nitrogens with one attached hydrogen (secondary N) is 2. The van der Waals surface area contributed by atoms with E-state index in [1.54, 1.807) is 6.07 Å². The van der Waals surface area contributed by atoms with Crippen molar-refractivity contribution in [1.82, 2.24) is 9.55 Å². The molecule has 0 aliphatic rings. The molecule has 0 saturated heterocycles. The second-order valence-electron chi connectivity index (χ2n) is 12.0. The second kappa shape index (κ2) is 10.7. The molecule has 9 rings (SSSR count). The highest BCUT2D eigenvalue weighted by atomic mass is 16.3. The Labute approximate surface area is 271 Å². The number of hydrogen-bond acceptors (Lipinski definition) is 2. The maximum atomic E-state index is 9.83. The summed E-state index contributed by atoms with van der Waals surface area (Å²) in [5, 5.41) is 18.7. The zero-order valence-electron chi connectivity index (χ0n) is 25.4. The third-order valence-electron chi connectivity index (χ3n) is 9.22. The molecule has 0 bridgehead atoms. The van der Waals surface area contributed by atoms with Crippen molar-refractivity contribution in [1.29, 1.82) is 0 Å². The zero-order chi connectivity index (χ0) is 31.5. The van der Waals surface area contributed by atoms with Gasteiger partial charge < -0.3 is 20.7 Å². The number of hydrogen-bond donors (Lipinski definition) is 1. The van der Waals surface area contributed by atoms with Crippen LogP contribution in [0.15, 0.2) is 152 Å². The van der Waals surface area contributed by atoms with Crippen LogP contribution in [0.1, 0.15) is 17.2 Å². The summed E-state index contributed by atoms with van der Waals surface area (Å²) < 4.78 is 2.32. The van der Waals surface area contributed by atoms with Gasteiger partial charge in [-0.3, -0.25) is 0 Å². The van der Waals surface area contributed by atoms with Crippen molar-refractivity contribution < 1.29 is 5.11 Å². The van der Waals surface area contributed by atoms with Crippen molar-refractivity contribution in [3.05, 3.63) is 169 Å². The number of aromatic nitrogens is 2. The fourth-order valence-electron chi connectivity index (χ4n) is 7.02. The fraction of sp³-hybridized carbons (Fsp3) is 0.0238. The summed E-state index contributed by atoms with van der Waals surface area (Å²) >= 11 is 0. The highest BCUT2D eigenvalue weighted by Gasteiger charge is 2.19. The van der Waals surface area contributed by atoms with E-state index >= 15 is 0 Å². The summed E-state index contributed by atoms with van der Waals surface area (Å²) in [6.45, 7) is 0. The van der Waals surface area contributed by atoms with Crippen molar-refractivity contribution in [2.24, 2.45) is 0 Å². The van der Waals surface area contributed by atoms with Gasteiger partial charge in [0.15, 0.2) is 5.52 Å². The minimum atomic E-state index is -0.674. The summed E-state index contributed by atoms with van der Waals surface area (Å²) in [7, 11) is 0. The van der Waals surface area contributed by atoms with Gasteiger partial charge in [-0.25, -0.2) is 4.98 Å². The molecule has 0 fully saturated rings. The van der Waals surface area contributed by atoms with Crippen molar-refractivity contribution in [3.8, 4) is 11.4 Å². The molecule has 2 heterocycles. The molecule has 0 amide bonds. The van der Waals surface area contributed by atoms with E-state index in [0.29, 0.717) is 11.3 Å². The van der Waals surface area contributed by atoms with Crippen molar-refractivity contribution >= 4 is 65.8 Å². The maximum absolute atomic E-state index is 9.83. The summed E-state index contributed by atoms with van der Waals surface area (Å²) in [4.78, 5) is 4.94. The molecule has 1 unspecified atom stereocenters. The minimum absolute atomic E-state index is 0.403.